The molecule has 0 aromatic heterocycles. The van der Waals surface area contributed by atoms with Crippen molar-refractivity contribution in [1.29, 1.82) is 0 Å². The van der Waals surface area contributed by atoms with Crippen molar-refractivity contribution in [3.8, 4) is 0 Å². The van der Waals surface area contributed by atoms with Gasteiger partial charge in [-0.15, -0.1) is 0 Å². The highest BCUT2D eigenvalue weighted by Gasteiger charge is 2.05. The zero-order chi connectivity index (χ0) is 9.84. The van der Waals surface area contributed by atoms with E-state index in [1.165, 1.54) is 0 Å². The lowest BCUT2D eigenvalue weighted by Crippen LogP contribution is -2.02. The van der Waals surface area contributed by atoms with Gasteiger partial charge >= 0.3 is 0 Å². The lowest BCUT2D eigenvalue weighted by Gasteiger charge is -2.14. The molecule has 0 amide bonds. The fraction of sp³-hybridized carbons (Fsp3) is 0.333. The summed E-state index contributed by atoms with van der Waals surface area (Å²) < 4.78 is 0. The third kappa shape index (κ3) is 1.77. The number of rotatable bonds is 3. The Morgan fingerprint density at radius 2 is 1.38 bits per heavy atom. The van der Waals surface area contributed by atoms with Crippen LogP contribution < -0.4 is 21.7 Å². The molecule has 0 radical (unpaired) electrons. The smallest absolute Gasteiger partial charge is 0.0810 e. The van der Waals surface area contributed by atoms with Crippen LogP contribution in [0.25, 0.3) is 0 Å². The maximum absolute atomic E-state index is 5.73. The van der Waals surface area contributed by atoms with E-state index in [0.29, 0.717) is 0 Å². The maximum Gasteiger partial charge on any atom is 0.0810 e. The zero-order valence-corrected chi connectivity index (χ0v) is 8.23. The van der Waals surface area contributed by atoms with Crippen LogP contribution in [0.1, 0.15) is 0 Å². The second-order valence-electron chi connectivity index (χ2n) is 2.74. The number of nitrogens with one attached hydrogen (secondary N) is 3. The molecule has 1 rings (SSSR count). The van der Waals surface area contributed by atoms with E-state index in [-0.39, 0.29) is 0 Å². The molecule has 0 bridgehead atoms. The molecule has 0 atom stereocenters. The molecule has 1 aromatic carbocycles. The molecule has 0 heterocycles. The van der Waals surface area contributed by atoms with Crippen molar-refractivity contribution in [2.75, 3.05) is 42.8 Å². The van der Waals surface area contributed by atoms with Crippen LogP contribution >= 0.6 is 0 Å². The van der Waals surface area contributed by atoms with Gasteiger partial charge in [-0.05, 0) is 12.1 Å². The van der Waals surface area contributed by atoms with Gasteiger partial charge in [0.2, 0.25) is 0 Å². The van der Waals surface area contributed by atoms with Crippen LogP contribution in [-0.4, -0.2) is 21.1 Å². The van der Waals surface area contributed by atoms with Crippen LogP contribution in [0.15, 0.2) is 12.1 Å². The summed E-state index contributed by atoms with van der Waals surface area (Å²) in [6.45, 7) is 0. The van der Waals surface area contributed by atoms with Gasteiger partial charge in [0.05, 0.1) is 17.1 Å². The fourth-order valence-corrected chi connectivity index (χ4v) is 1.33. The van der Waals surface area contributed by atoms with Crippen LogP contribution in [0.5, 0.6) is 0 Å². The van der Waals surface area contributed by atoms with Crippen molar-refractivity contribution in [3.05, 3.63) is 12.1 Å². The topological polar surface area (TPSA) is 62.1 Å². The van der Waals surface area contributed by atoms with E-state index >= 15 is 0 Å². The largest absolute Gasteiger partial charge is 0.399 e. The zero-order valence-electron chi connectivity index (χ0n) is 8.23. The Kier molecular flexibility index (Phi) is 2.84. The molecule has 13 heavy (non-hydrogen) atoms. The van der Waals surface area contributed by atoms with Crippen LogP contribution in [-0.2, 0) is 0 Å². The first-order valence-electron chi connectivity index (χ1n) is 4.19. The predicted molar refractivity (Wildman–Crippen MR) is 59.5 cm³/mol. The Hall–Kier alpha value is -1.58. The number of hydrogen-bond acceptors (Lipinski definition) is 4. The average molecular weight is 180 g/mol. The maximum atomic E-state index is 5.73. The molecule has 1 aromatic rings. The molecule has 4 nitrogen and oxygen atoms in total. The molecule has 5 N–H and O–H groups in total. The molecule has 72 valence electrons. The SMILES string of the molecule is CNc1cc(N)cc(NC)c1NC. The number of nitrogen functional groups attached to an aromatic ring is 1. The van der Waals surface area contributed by atoms with E-state index in [0.717, 1.165) is 22.7 Å². The number of hydrogen-bond donors (Lipinski definition) is 4. The monoisotopic (exact) mass is 180 g/mol. The van der Waals surface area contributed by atoms with Crippen molar-refractivity contribution < 1.29 is 0 Å². The number of anilines is 4. The number of nitrogens with two attached hydrogens (primary N) is 1. The number of benzene rings is 1. The average Bonchev–Trinajstić information content (AvgIpc) is 2.16. The van der Waals surface area contributed by atoms with Crippen molar-refractivity contribution >= 4 is 22.7 Å². The van der Waals surface area contributed by atoms with E-state index in [1.54, 1.807) is 0 Å². The van der Waals surface area contributed by atoms with Crippen LogP contribution in [0.3, 0.4) is 0 Å². The summed E-state index contributed by atoms with van der Waals surface area (Å²) in [5, 5.41) is 9.27. The molecule has 0 aliphatic rings. The molecular formula is C9H16N4. The molecule has 0 saturated carbocycles. The molecule has 0 aliphatic carbocycles. The van der Waals surface area contributed by atoms with Gasteiger partial charge in [0.15, 0.2) is 0 Å². The van der Waals surface area contributed by atoms with Crippen LogP contribution in [0.2, 0.25) is 0 Å². The fourth-order valence-electron chi connectivity index (χ4n) is 1.33. The highest BCUT2D eigenvalue weighted by molar-refractivity contribution is 5.85. The van der Waals surface area contributed by atoms with Gasteiger partial charge in [-0.2, -0.15) is 0 Å². The predicted octanol–water partition coefficient (Wildman–Crippen LogP) is 1.39. The third-order valence-electron chi connectivity index (χ3n) is 1.95. The third-order valence-corrected chi connectivity index (χ3v) is 1.95. The Balaban J connectivity index is 3.25. The quantitative estimate of drug-likeness (QED) is 0.531. The van der Waals surface area contributed by atoms with E-state index in [4.69, 9.17) is 5.73 Å². The van der Waals surface area contributed by atoms with Gasteiger partial charge in [-0.1, -0.05) is 0 Å². The summed E-state index contributed by atoms with van der Waals surface area (Å²) in [6.07, 6.45) is 0. The summed E-state index contributed by atoms with van der Waals surface area (Å²) in [5.74, 6) is 0. The lowest BCUT2D eigenvalue weighted by atomic mass is 10.2. The van der Waals surface area contributed by atoms with E-state index < -0.39 is 0 Å². The Labute approximate surface area is 78.5 Å². The standard InChI is InChI=1S/C9H16N4/c1-11-7-4-6(10)5-8(12-2)9(7)13-3/h4-5,11-13H,10H2,1-3H3. The van der Waals surface area contributed by atoms with Crippen molar-refractivity contribution in [3.63, 3.8) is 0 Å². The minimum Gasteiger partial charge on any atom is -0.399 e. The molecular weight excluding hydrogens is 164 g/mol. The Bertz CT molecular complexity index is 271. The van der Waals surface area contributed by atoms with Crippen LogP contribution in [0.4, 0.5) is 22.7 Å². The van der Waals surface area contributed by atoms with E-state index in [9.17, 15) is 0 Å². The highest BCUT2D eigenvalue weighted by Crippen LogP contribution is 2.32. The first kappa shape index (κ1) is 9.51. The Morgan fingerprint density at radius 3 is 1.69 bits per heavy atom. The summed E-state index contributed by atoms with van der Waals surface area (Å²) in [7, 11) is 5.62. The van der Waals surface area contributed by atoms with Gasteiger partial charge in [-0.3, -0.25) is 0 Å². The molecule has 0 fully saturated rings. The Morgan fingerprint density at radius 1 is 0.923 bits per heavy atom. The van der Waals surface area contributed by atoms with Crippen molar-refractivity contribution in [2.24, 2.45) is 0 Å². The van der Waals surface area contributed by atoms with Gasteiger partial charge < -0.3 is 21.7 Å². The highest BCUT2D eigenvalue weighted by atomic mass is 15.0. The normalized spacial score (nSPS) is 9.46. The minimum absolute atomic E-state index is 0.743. The lowest BCUT2D eigenvalue weighted by molar-refractivity contribution is 1.42. The second-order valence-corrected chi connectivity index (χ2v) is 2.74. The summed E-state index contributed by atoms with van der Waals surface area (Å²) >= 11 is 0. The molecule has 0 unspecified atom stereocenters. The van der Waals surface area contributed by atoms with Crippen LogP contribution in [0, 0.1) is 0 Å². The van der Waals surface area contributed by atoms with E-state index in [2.05, 4.69) is 16.0 Å². The summed E-state index contributed by atoms with van der Waals surface area (Å²) in [6, 6.07) is 3.79. The molecule has 0 saturated heterocycles. The second kappa shape index (κ2) is 3.89. The van der Waals surface area contributed by atoms with Crippen molar-refractivity contribution in [1.82, 2.24) is 0 Å². The van der Waals surface area contributed by atoms with Gasteiger partial charge in [0.1, 0.15) is 0 Å². The van der Waals surface area contributed by atoms with Gasteiger partial charge in [0.25, 0.3) is 0 Å². The van der Waals surface area contributed by atoms with Crippen molar-refractivity contribution in [2.45, 2.75) is 0 Å². The van der Waals surface area contributed by atoms with Gasteiger partial charge in [0, 0.05) is 26.8 Å². The molecule has 0 aliphatic heterocycles. The summed E-state index contributed by atoms with van der Waals surface area (Å²) in [4.78, 5) is 0. The first-order valence-corrected chi connectivity index (χ1v) is 4.19. The summed E-state index contributed by atoms with van der Waals surface area (Å²) in [5.41, 5.74) is 9.48. The molecule has 0 spiro atoms. The first-order chi connectivity index (χ1) is 6.22. The van der Waals surface area contributed by atoms with E-state index in [1.807, 2.05) is 33.3 Å². The van der Waals surface area contributed by atoms with Gasteiger partial charge in [-0.25, -0.2) is 0 Å². The molecule has 4 heteroatoms. The minimum atomic E-state index is 0.743.